The number of hydrogen-bond donors (Lipinski definition) is 1. The van der Waals surface area contributed by atoms with Crippen LogP contribution in [-0.2, 0) is 9.84 Å². The Morgan fingerprint density at radius 3 is 2.63 bits per heavy atom. The number of carbonyl (C=O) groups excluding carboxylic acids is 1. The minimum Gasteiger partial charge on any atom is -0.298 e. The van der Waals surface area contributed by atoms with Crippen molar-refractivity contribution in [3.63, 3.8) is 0 Å². The number of benzene rings is 2. The van der Waals surface area contributed by atoms with Crippen LogP contribution in [0, 0.1) is 10.1 Å². The van der Waals surface area contributed by atoms with Crippen LogP contribution < -0.4 is 5.32 Å². The molecule has 0 radical (unpaired) electrons. The highest BCUT2D eigenvalue weighted by atomic mass is 32.2. The molecule has 0 aliphatic heterocycles. The lowest BCUT2D eigenvalue weighted by atomic mass is 10.1. The van der Waals surface area contributed by atoms with Crippen LogP contribution >= 0.6 is 23.1 Å². The number of anilines is 1. The molecular formula is C16H13N3O5S3. The number of nitrogens with zero attached hydrogens (tertiary/aromatic N) is 2. The SMILES string of the molecule is CSc1ccc([N+](=O)[O-])c(C(=O)Nc2nc3ccc(S(C)(=O)=O)cc3s2)c1. The van der Waals surface area contributed by atoms with Crippen molar-refractivity contribution in [2.45, 2.75) is 9.79 Å². The highest BCUT2D eigenvalue weighted by Crippen LogP contribution is 2.30. The third-order valence-electron chi connectivity index (χ3n) is 3.65. The molecule has 0 aliphatic rings. The number of hydrogen-bond acceptors (Lipinski definition) is 8. The van der Waals surface area contributed by atoms with Crippen molar-refractivity contribution in [3.8, 4) is 0 Å². The fraction of sp³-hybridized carbons (Fsp3) is 0.125. The monoisotopic (exact) mass is 423 g/mol. The number of carbonyl (C=O) groups is 1. The predicted octanol–water partition coefficient (Wildman–Crippen LogP) is 3.58. The van der Waals surface area contributed by atoms with E-state index >= 15 is 0 Å². The van der Waals surface area contributed by atoms with Crippen LogP contribution in [0.15, 0.2) is 46.2 Å². The number of thioether (sulfide) groups is 1. The van der Waals surface area contributed by atoms with Crippen LogP contribution in [0.5, 0.6) is 0 Å². The summed E-state index contributed by atoms with van der Waals surface area (Å²) in [7, 11) is -3.36. The lowest BCUT2D eigenvalue weighted by Crippen LogP contribution is -2.14. The van der Waals surface area contributed by atoms with Crippen LogP contribution in [0.25, 0.3) is 10.2 Å². The van der Waals surface area contributed by atoms with Gasteiger partial charge < -0.3 is 0 Å². The van der Waals surface area contributed by atoms with E-state index in [2.05, 4.69) is 10.3 Å². The minimum absolute atomic E-state index is 0.0667. The summed E-state index contributed by atoms with van der Waals surface area (Å²) in [5.74, 6) is -0.653. The fourth-order valence-corrected chi connectivity index (χ4v) is 4.40. The van der Waals surface area contributed by atoms with E-state index in [-0.39, 0.29) is 21.3 Å². The molecule has 140 valence electrons. The Kier molecular flexibility index (Phi) is 5.18. The molecule has 1 aromatic heterocycles. The number of nitro groups is 1. The molecule has 0 atom stereocenters. The number of fused-ring (bicyclic) bond motifs is 1. The Labute approximate surface area is 162 Å². The summed E-state index contributed by atoms with van der Waals surface area (Å²) in [4.78, 5) is 28.2. The van der Waals surface area contributed by atoms with Crippen LogP contribution in [0.4, 0.5) is 10.8 Å². The molecule has 27 heavy (non-hydrogen) atoms. The zero-order valence-corrected chi connectivity index (χ0v) is 16.6. The van der Waals surface area contributed by atoms with Crippen LogP contribution in [0.1, 0.15) is 10.4 Å². The van der Waals surface area contributed by atoms with Gasteiger partial charge in [-0.1, -0.05) is 11.3 Å². The first-order valence-electron chi connectivity index (χ1n) is 7.43. The van der Waals surface area contributed by atoms with E-state index in [4.69, 9.17) is 0 Å². The summed E-state index contributed by atoms with van der Waals surface area (Å²) in [5.41, 5.74) is 0.156. The second-order valence-electron chi connectivity index (χ2n) is 5.52. The Balaban J connectivity index is 1.96. The predicted molar refractivity (Wildman–Crippen MR) is 106 cm³/mol. The Morgan fingerprint density at radius 2 is 2.00 bits per heavy atom. The summed E-state index contributed by atoms with van der Waals surface area (Å²) in [5, 5.41) is 14.0. The molecule has 11 heteroatoms. The normalized spacial score (nSPS) is 11.5. The van der Waals surface area contributed by atoms with Crippen LogP contribution in [-0.4, -0.2) is 36.7 Å². The molecule has 8 nitrogen and oxygen atoms in total. The molecule has 0 bridgehead atoms. The van der Waals surface area contributed by atoms with E-state index < -0.39 is 20.7 Å². The first-order valence-corrected chi connectivity index (χ1v) is 11.4. The molecule has 0 saturated carbocycles. The second kappa shape index (κ2) is 7.25. The van der Waals surface area contributed by atoms with Gasteiger partial charge in [0.1, 0.15) is 5.56 Å². The molecule has 3 rings (SSSR count). The molecule has 0 fully saturated rings. The molecule has 0 saturated heterocycles. The Bertz CT molecular complexity index is 1170. The van der Waals surface area contributed by atoms with Crippen LogP contribution in [0.2, 0.25) is 0 Å². The molecule has 1 heterocycles. The van der Waals surface area contributed by atoms with E-state index in [1.807, 2.05) is 0 Å². The van der Waals surface area contributed by atoms with Crippen molar-refractivity contribution in [1.29, 1.82) is 0 Å². The van der Waals surface area contributed by atoms with Crippen molar-refractivity contribution in [1.82, 2.24) is 4.98 Å². The van der Waals surface area contributed by atoms with Crippen LogP contribution in [0.3, 0.4) is 0 Å². The first-order chi connectivity index (χ1) is 12.7. The summed E-state index contributed by atoms with van der Waals surface area (Å²) in [6, 6.07) is 8.79. The number of sulfone groups is 1. The van der Waals surface area contributed by atoms with Gasteiger partial charge in [-0.15, -0.1) is 11.8 Å². The first kappa shape index (κ1) is 19.3. The molecule has 1 N–H and O–H groups in total. The molecule has 3 aromatic rings. The van der Waals surface area contributed by atoms with Crippen molar-refractivity contribution in [3.05, 3.63) is 52.1 Å². The standard InChI is InChI=1S/C16H13N3O5S3/c1-25-9-3-6-13(19(21)22)11(7-9)15(20)18-16-17-12-5-4-10(27(2,23)24)8-14(12)26-16/h3-8H,1-2H3,(H,17,18,20). The quantitative estimate of drug-likeness (QED) is 0.378. The molecule has 0 aliphatic carbocycles. The number of rotatable bonds is 5. The average molecular weight is 423 g/mol. The topological polar surface area (TPSA) is 119 Å². The number of thiazole rings is 1. The van der Waals surface area contributed by atoms with Crippen molar-refractivity contribution < 1.29 is 18.1 Å². The second-order valence-corrected chi connectivity index (χ2v) is 9.44. The van der Waals surface area contributed by atoms with Gasteiger partial charge in [-0.2, -0.15) is 0 Å². The Morgan fingerprint density at radius 1 is 1.26 bits per heavy atom. The maximum Gasteiger partial charge on any atom is 0.282 e. The Hall–Kier alpha value is -2.50. The van der Waals surface area contributed by atoms with Gasteiger partial charge in [-0.3, -0.25) is 20.2 Å². The molecule has 0 unspecified atom stereocenters. The molecule has 2 aromatic carbocycles. The van der Waals surface area contributed by atoms with Crippen molar-refractivity contribution >= 4 is 59.9 Å². The van der Waals surface area contributed by atoms with Crippen molar-refractivity contribution in [2.75, 3.05) is 17.8 Å². The summed E-state index contributed by atoms with van der Waals surface area (Å²) >= 11 is 2.45. The summed E-state index contributed by atoms with van der Waals surface area (Å²) in [6.07, 6.45) is 2.91. The maximum absolute atomic E-state index is 12.6. The minimum atomic E-state index is -3.36. The molecule has 0 spiro atoms. The van der Waals surface area contributed by atoms with Gasteiger partial charge in [0.2, 0.25) is 0 Å². The number of amides is 1. The van der Waals surface area contributed by atoms with Gasteiger partial charge in [0.25, 0.3) is 11.6 Å². The number of aromatic nitrogens is 1. The molecule has 1 amide bonds. The van der Waals surface area contributed by atoms with E-state index in [1.165, 1.54) is 36.0 Å². The van der Waals surface area contributed by atoms with Gasteiger partial charge >= 0.3 is 0 Å². The largest absolute Gasteiger partial charge is 0.298 e. The zero-order valence-electron chi connectivity index (χ0n) is 14.1. The van der Waals surface area contributed by atoms with Gasteiger partial charge in [-0.05, 0) is 36.6 Å². The third-order valence-corrected chi connectivity index (χ3v) is 6.42. The average Bonchev–Trinajstić information content (AvgIpc) is 3.01. The van der Waals surface area contributed by atoms with E-state index in [0.29, 0.717) is 15.1 Å². The molecular weight excluding hydrogens is 410 g/mol. The van der Waals surface area contributed by atoms with E-state index in [0.717, 1.165) is 17.6 Å². The highest BCUT2D eigenvalue weighted by Gasteiger charge is 2.22. The summed E-state index contributed by atoms with van der Waals surface area (Å²) < 4.78 is 23.9. The maximum atomic E-state index is 12.6. The van der Waals surface area contributed by atoms with Gasteiger partial charge in [0, 0.05) is 17.2 Å². The fourth-order valence-electron chi connectivity index (χ4n) is 2.34. The van der Waals surface area contributed by atoms with Crippen molar-refractivity contribution in [2.24, 2.45) is 0 Å². The van der Waals surface area contributed by atoms with Gasteiger partial charge in [0.15, 0.2) is 15.0 Å². The summed E-state index contributed by atoms with van der Waals surface area (Å²) in [6.45, 7) is 0. The third kappa shape index (κ3) is 4.10. The van der Waals surface area contributed by atoms with Gasteiger partial charge in [0.05, 0.1) is 20.0 Å². The van der Waals surface area contributed by atoms with E-state index in [1.54, 1.807) is 18.4 Å². The lowest BCUT2D eigenvalue weighted by molar-refractivity contribution is -0.385. The van der Waals surface area contributed by atoms with Gasteiger partial charge in [-0.25, -0.2) is 13.4 Å². The van der Waals surface area contributed by atoms with E-state index in [9.17, 15) is 23.3 Å². The highest BCUT2D eigenvalue weighted by molar-refractivity contribution is 7.98. The number of nitro benzene ring substituents is 1. The smallest absolute Gasteiger partial charge is 0.282 e. The zero-order chi connectivity index (χ0) is 19.8. The number of nitrogens with one attached hydrogen (secondary N) is 1. The lowest BCUT2D eigenvalue weighted by Gasteiger charge is -2.04.